The van der Waals surface area contributed by atoms with Gasteiger partial charge in [0.1, 0.15) is 11.3 Å². The summed E-state index contributed by atoms with van der Waals surface area (Å²) in [6, 6.07) is 5.99. The van der Waals surface area contributed by atoms with Crippen LogP contribution in [0.5, 0.6) is 0 Å². The van der Waals surface area contributed by atoms with Gasteiger partial charge < -0.3 is 9.64 Å². The third-order valence-electron chi connectivity index (χ3n) is 8.60. The van der Waals surface area contributed by atoms with Crippen LogP contribution in [0.2, 0.25) is 10.0 Å². The molecule has 3 unspecified atom stereocenters. The number of fused-ring (bicyclic) bond motifs is 1. The van der Waals surface area contributed by atoms with Crippen LogP contribution in [0.4, 0.5) is 5.82 Å². The van der Waals surface area contributed by atoms with E-state index in [1.54, 1.807) is 6.07 Å². The molecule has 2 fully saturated rings. The number of piperidine rings is 2. The third-order valence-corrected chi connectivity index (χ3v) is 9.17. The second-order valence-electron chi connectivity index (χ2n) is 11.4. The summed E-state index contributed by atoms with van der Waals surface area (Å²) in [5.41, 5.74) is 3.37. The van der Waals surface area contributed by atoms with E-state index in [0.717, 1.165) is 67.3 Å². The van der Waals surface area contributed by atoms with E-state index in [2.05, 4.69) is 23.6 Å². The standard InChI is InChI=1S/C30H40Cl2N6O2/c1-5-40-28(39)11-8-22-7-6-13-36(18-22)26-12-14-37(17-19(26)2)27-16-33-29-20(3)35-38(30(29)34-27)21(4)24-10-9-23(31)15-25(24)32/h9-10,15-16,19,21-22,26H,5-8,11-14,17-18H2,1-4H3/t19-,21?,22?,26?/m0/s1. The highest BCUT2D eigenvalue weighted by Gasteiger charge is 2.34. The third kappa shape index (κ3) is 6.24. The lowest BCUT2D eigenvalue weighted by atomic mass is 9.87. The van der Waals surface area contributed by atoms with Crippen LogP contribution in [0.1, 0.15) is 70.2 Å². The number of hydrogen-bond acceptors (Lipinski definition) is 7. The van der Waals surface area contributed by atoms with Gasteiger partial charge in [0.15, 0.2) is 5.65 Å². The molecule has 0 amide bonds. The van der Waals surface area contributed by atoms with Crippen LogP contribution in [-0.2, 0) is 9.53 Å². The minimum Gasteiger partial charge on any atom is -0.466 e. The molecular weight excluding hydrogens is 547 g/mol. The molecule has 5 rings (SSSR count). The Morgan fingerprint density at radius 2 is 2.02 bits per heavy atom. The molecule has 2 aliphatic rings. The lowest BCUT2D eigenvalue weighted by Crippen LogP contribution is -2.53. The summed E-state index contributed by atoms with van der Waals surface area (Å²) in [6.07, 6.45) is 6.82. The van der Waals surface area contributed by atoms with E-state index in [1.165, 1.54) is 12.8 Å². The molecule has 10 heteroatoms. The van der Waals surface area contributed by atoms with Gasteiger partial charge in [-0.15, -0.1) is 0 Å². The molecule has 1 aromatic carbocycles. The summed E-state index contributed by atoms with van der Waals surface area (Å²) >= 11 is 12.7. The van der Waals surface area contributed by atoms with Crippen molar-refractivity contribution in [2.75, 3.05) is 37.7 Å². The molecule has 216 valence electrons. The van der Waals surface area contributed by atoms with Gasteiger partial charge in [-0.2, -0.15) is 5.10 Å². The maximum Gasteiger partial charge on any atom is 0.305 e. The van der Waals surface area contributed by atoms with E-state index in [1.807, 2.05) is 36.9 Å². The molecule has 2 saturated heterocycles. The zero-order chi connectivity index (χ0) is 28.4. The number of halogens is 2. The predicted molar refractivity (Wildman–Crippen MR) is 160 cm³/mol. The van der Waals surface area contributed by atoms with Crippen LogP contribution in [0.25, 0.3) is 11.2 Å². The number of aryl methyl sites for hydroxylation is 1. The fourth-order valence-corrected chi connectivity index (χ4v) is 7.08. The molecule has 2 aromatic heterocycles. The molecular formula is C30H40Cl2N6O2. The topological polar surface area (TPSA) is 76.4 Å². The van der Waals surface area contributed by atoms with Gasteiger partial charge in [-0.3, -0.25) is 9.69 Å². The van der Waals surface area contributed by atoms with E-state index in [0.29, 0.717) is 41.0 Å². The molecule has 0 spiro atoms. The molecule has 0 saturated carbocycles. The van der Waals surface area contributed by atoms with Crippen molar-refractivity contribution in [2.45, 2.75) is 71.9 Å². The molecule has 4 atom stereocenters. The van der Waals surface area contributed by atoms with Gasteiger partial charge in [0, 0.05) is 42.1 Å². The fraction of sp³-hybridized carbons (Fsp3) is 0.600. The average molecular weight is 588 g/mol. The Balaban J connectivity index is 1.28. The maximum absolute atomic E-state index is 11.9. The van der Waals surface area contributed by atoms with Gasteiger partial charge in [-0.05, 0) is 82.5 Å². The Labute approximate surface area is 247 Å². The van der Waals surface area contributed by atoms with E-state index in [9.17, 15) is 4.79 Å². The zero-order valence-corrected chi connectivity index (χ0v) is 25.5. The van der Waals surface area contributed by atoms with Gasteiger partial charge in [-0.25, -0.2) is 14.6 Å². The smallest absolute Gasteiger partial charge is 0.305 e. The number of carbonyl (C=O) groups excluding carboxylic acids is 1. The molecule has 0 bridgehead atoms. The first kappa shape index (κ1) is 29.1. The highest BCUT2D eigenvalue weighted by atomic mass is 35.5. The highest BCUT2D eigenvalue weighted by Crippen LogP contribution is 2.33. The summed E-state index contributed by atoms with van der Waals surface area (Å²) in [5, 5.41) is 6.02. The SMILES string of the molecule is CCOC(=O)CCC1CCCN(C2CCN(c3cnc4c(C)nn(C(C)c5ccc(Cl)cc5Cl)c4n3)C[C@@H]2C)C1. The number of likely N-dealkylation sites (tertiary alicyclic amines) is 1. The van der Waals surface area contributed by atoms with E-state index < -0.39 is 0 Å². The summed E-state index contributed by atoms with van der Waals surface area (Å²) in [7, 11) is 0. The van der Waals surface area contributed by atoms with Crippen molar-refractivity contribution >= 4 is 46.2 Å². The van der Waals surface area contributed by atoms with Crippen molar-refractivity contribution < 1.29 is 9.53 Å². The van der Waals surface area contributed by atoms with Crippen molar-refractivity contribution in [1.29, 1.82) is 0 Å². The first-order chi connectivity index (χ1) is 19.2. The largest absolute Gasteiger partial charge is 0.466 e. The molecule has 8 nitrogen and oxygen atoms in total. The summed E-state index contributed by atoms with van der Waals surface area (Å²) < 4.78 is 7.07. The summed E-state index contributed by atoms with van der Waals surface area (Å²) in [5.74, 6) is 1.88. The first-order valence-electron chi connectivity index (χ1n) is 14.6. The lowest BCUT2D eigenvalue weighted by molar-refractivity contribution is -0.143. The second-order valence-corrected chi connectivity index (χ2v) is 12.2. The minimum atomic E-state index is -0.119. The van der Waals surface area contributed by atoms with Crippen LogP contribution in [0.3, 0.4) is 0 Å². The monoisotopic (exact) mass is 586 g/mol. The fourth-order valence-electron chi connectivity index (χ4n) is 6.51. The van der Waals surface area contributed by atoms with Crippen LogP contribution < -0.4 is 4.90 Å². The predicted octanol–water partition coefficient (Wildman–Crippen LogP) is 6.32. The summed E-state index contributed by atoms with van der Waals surface area (Å²) in [4.78, 5) is 26.8. The number of anilines is 1. The Hall–Kier alpha value is -2.42. The molecule has 0 radical (unpaired) electrons. The molecule has 0 aliphatic carbocycles. The Morgan fingerprint density at radius 3 is 2.77 bits per heavy atom. The number of esters is 1. The van der Waals surface area contributed by atoms with Gasteiger partial charge in [0.25, 0.3) is 0 Å². The van der Waals surface area contributed by atoms with Crippen LogP contribution >= 0.6 is 23.2 Å². The molecule has 40 heavy (non-hydrogen) atoms. The van der Waals surface area contributed by atoms with E-state index >= 15 is 0 Å². The molecule has 3 aromatic rings. The Bertz CT molecular complexity index is 1350. The number of benzene rings is 1. The van der Waals surface area contributed by atoms with E-state index in [-0.39, 0.29) is 12.0 Å². The number of nitrogens with zero attached hydrogens (tertiary/aromatic N) is 6. The quantitative estimate of drug-likeness (QED) is 0.286. The lowest BCUT2D eigenvalue weighted by Gasteiger charge is -2.46. The van der Waals surface area contributed by atoms with Crippen LogP contribution in [0, 0.1) is 18.8 Å². The molecule has 2 aliphatic heterocycles. The normalized spacial score (nSPS) is 22.9. The second kappa shape index (κ2) is 12.6. The van der Waals surface area contributed by atoms with Gasteiger partial charge in [0.2, 0.25) is 0 Å². The van der Waals surface area contributed by atoms with Gasteiger partial charge in [0.05, 0.1) is 24.5 Å². The highest BCUT2D eigenvalue weighted by molar-refractivity contribution is 6.35. The molecule has 0 N–H and O–H groups in total. The van der Waals surface area contributed by atoms with Crippen LogP contribution in [-0.4, -0.2) is 69.4 Å². The number of aromatic nitrogens is 4. The Morgan fingerprint density at radius 1 is 1.20 bits per heavy atom. The van der Waals surface area contributed by atoms with Gasteiger partial charge >= 0.3 is 5.97 Å². The number of carbonyl (C=O) groups is 1. The van der Waals surface area contributed by atoms with Crippen molar-refractivity contribution in [3.63, 3.8) is 0 Å². The van der Waals surface area contributed by atoms with Crippen molar-refractivity contribution in [3.05, 3.63) is 45.7 Å². The Kier molecular flexibility index (Phi) is 9.18. The minimum absolute atomic E-state index is 0.0680. The van der Waals surface area contributed by atoms with Crippen molar-refractivity contribution in [2.24, 2.45) is 11.8 Å². The number of rotatable bonds is 8. The van der Waals surface area contributed by atoms with E-state index in [4.69, 9.17) is 43.0 Å². The van der Waals surface area contributed by atoms with Crippen LogP contribution in [0.15, 0.2) is 24.4 Å². The number of ether oxygens (including phenoxy) is 1. The van der Waals surface area contributed by atoms with Crippen molar-refractivity contribution in [3.8, 4) is 0 Å². The number of hydrogen-bond donors (Lipinski definition) is 0. The van der Waals surface area contributed by atoms with Gasteiger partial charge in [-0.1, -0.05) is 36.2 Å². The maximum atomic E-state index is 11.9. The average Bonchev–Trinajstić information content (AvgIpc) is 3.27. The van der Waals surface area contributed by atoms with Crippen molar-refractivity contribution in [1.82, 2.24) is 24.6 Å². The first-order valence-corrected chi connectivity index (χ1v) is 15.3. The molecule has 4 heterocycles. The summed E-state index contributed by atoms with van der Waals surface area (Å²) in [6.45, 7) is 12.8. The zero-order valence-electron chi connectivity index (χ0n) is 23.9.